The molecule has 2 rings (SSSR count). The molecule has 18 heavy (non-hydrogen) atoms. The Labute approximate surface area is 114 Å². The molecule has 0 aromatic heterocycles. The molecule has 0 saturated heterocycles. The first-order valence-corrected chi connectivity index (χ1v) is 7.25. The van der Waals surface area contributed by atoms with Crippen molar-refractivity contribution >= 4 is 28.1 Å². The molecule has 0 amide bonds. The van der Waals surface area contributed by atoms with Crippen molar-refractivity contribution in [3.05, 3.63) is 58.6 Å². The van der Waals surface area contributed by atoms with Gasteiger partial charge in [-0.05, 0) is 36.2 Å². The summed E-state index contributed by atoms with van der Waals surface area (Å²) in [5.74, 6) is 0.469. The standard InChI is InChI=1S/C14H14ClNOS/c1-10-4-2-3-5-11(10)9-18(17)14-7-6-12(16)8-13(14)15/h2-8H,9,16H2,1H3. The fraction of sp³-hybridized carbons (Fsp3) is 0.143. The lowest BCUT2D eigenvalue weighted by atomic mass is 10.1. The summed E-state index contributed by atoms with van der Waals surface area (Å²) >= 11 is 6.06. The molecule has 0 spiro atoms. The number of halogens is 1. The Morgan fingerprint density at radius 3 is 2.61 bits per heavy atom. The number of anilines is 1. The van der Waals surface area contributed by atoms with E-state index in [9.17, 15) is 4.21 Å². The predicted molar refractivity (Wildman–Crippen MR) is 77.2 cm³/mol. The lowest BCUT2D eigenvalue weighted by molar-refractivity contribution is 0.682. The van der Waals surface area contributed by atoms with E-state index in [4.69, 9.17) is 17.3 Å². The van der Waals surface area contributed by atoms with E-state index < -0.39 is 10.8 Å². The quantitative estimate of drug-likeness (QED) is 0.874. The molecule has 1 unspecified atom stereocenters. The number of aryl methyl sites for hydroxylation is 1. The molecule has 4 heteroatoms. The number of rotatable bonds is 3. The maximum absolute atomic E-state index is 12.3. The topological polar surface area (TPSA) is 43.1 Å². The van der Waals surface area contributed by atoms with Gasteiger partial charge in [0, 0.05) is 5.69 Å². The van der Waals surface area contributed by atoms with Crippen molar-refractivity contribution in [1.29, 1.82) is 0 Å². The van der Waals surface area contributed by atoms with Gasteiger partial charge in [-0.15, -0.1) is 0 Å². The van der Waals surface area contributed by atoms with Crippen molar-refractivity contribution in [3.8, 4) is 0 Å². The fourth-order valence-electron chi connectivity index (χ4n) is 1.69. The lowest BCUT2D eigenvalue weighted by Crippen LogP contribution is -1.99. The van der Waals surface area contributed by atoms with Crippen molar-refractivity contribution in [1.82, 2.24) is 0 Å². The van der Waals surface area contributed by atoms with Crippen LogP contribution in [0.3, 0.4) is 0 Å². The smallest absolute Gasteiger partial charge is 0.0589 e. The van der Waals surface area contributed by atoms with Crippen molar-refractivity contribution < 1.29 is 4.21 Å². The van der Waals surface area contributed by atoms with Gasteiger partial charge in [0.05, 0.1) is 26.5 Å². The Balaban J connectivity index is 2.25. The summed E-state index contributed by atoms with van der Waals surface area (Å²) in [6, 6.07) is 13.0. The molecular weight excluding hydrogens is 266 g/mol. The van der Waals surface area contributed by atoms with Crippen LogP contribution in [0.5, 0.6) is 0 Å². The van der Waals surface area contributed by atoms with Gasteiger partial charge >= 0.3 is 0 Å². The molecule has 0 heterocycles. The number of hydrogen-bond donors (Lipinski definition) is 1. The van der Waals surface area contributed by atoms with Gasteiger partial charge in [0.1, 0.15) is 0 Å². The molecule has 0 aliphatic heterocycles. The van der Waals surface area contributed by atoms with E-state index in [1.165, 1.54) is 0 Å². The Morgan fingerprint density at radius 1 is 1.22 bits per heavy atom. The Morgan fingerprint density at radius 2 is 1.94 bits per heavy atom. The van der Waals surface area contributed by atoms with E-state index in [2.05, 4.69) is 0 Å². The predicted octanol–water partition coefficient (Wildman–Crippen LogP) is 3.54. The van der Waals surface area contributed by atoms with Crippen molar-refractivity contribution in [2.24, 2.45) is 0 Å². The van der Waals surface area contributed by atoms with Crippen LogP contribution in [0.25, 0.3) is 0 Å². The minimum absolute atomic E-state index is 0.460. The monoisotopic (exact) mass is 279 g/mol. The van der Waals surface area contributed by atoms with Gasteiger partial charge in [-0.1, -0.05) is 35.9 Å². The first-order valence-electron chi connectivity index (χ1n) is 5.56. The molecule has 2 aromatic carbocycles. The van der Waals surface area contributed by atoms with Crippen molar-refractivity contribution in [3.63, 3.8) is 0 Å². The highest BCUT2D eigenvalue weighted by Crippen LogP contribution is 2.24. The van der Waals surface area contributed by atoms with E-state index in [1.54, 1.807) is 18.2 Å². The Hall–Kier alpha value is -1.32. The third-order valence-corrected chi connectivity index (χ3v) is 4.59. The minimum atomic E-state index is -1.15. The number of benzene rings is 2. The second-order valence-corrected chi connectivity index (χ2v) is 5.93. The van der Waals surface area contributed by atoms with Crippen LogP contribution in [0, 0.1) is 6.92 Å². The molecular formula is C14H14ClNOS. The van der Waals surface area contributed by atoms with Crippen LogP contribution in [0.1, 0.15) is 11.1 Å². The highest BCUT2D eigenvalue weighted by molar-refractivity contribution is 7.84. The van der Waals surface area contributed by atoms with Crippen LogP contribution in [-0.2, 0) is 16.6 Å². The Bertz CT molecular complexity index is 598. The summed E-state index contributed by atoms with van der Waals surface area (Å²) in [7, 11) is -1.15. The van der Waals surface area contributed by atoms with Gasteiger partial charge in [-0.2, -0.15) is 0 Å². The van der Waals surface area contributed by atoms with E-state index in [0.29, 0.717) is 21.4 Å². The van der Waals surface area contributed by atoms with Gasteiger partial charge < -0.3 is 5.73 Å². The van der Waals surface area contributed by atoms with Crippen molar-refractivity contribution in [2.45, 2.75) is 17.6 Å². The molecule has 2 N–H and O–H groups in total. The number of nitrogen functional groups attached to an aromatic ring is 1. The van der Waals surface area contributed by atoms with E-state index in [-0.39, 0.29) is 0 Å². The minimum Gasteiger partial charge on any atom is -0.399 e. The molecule has 0 saturated carbocycles. The molecule has 1 atom stereocenters. The third-order valence-electron chi connectivity index (χ3n) is 2.75. The van der Waals surface area contributed by atoms with Crippen LogP contribution in [0.15, 0.2) is 47.4 Å². The highest BCUT2D eigenvalue weighted by atomic mass is 35.5. The second-order valence-electron chi connectivity index (χ2n) is 4.11. The summed E-state index contributed by atoms with van der Waals surface area (Å²) in [6.07, 6.45) is 0. The fourth-order valence-corrected chi connectivity index (χ4v) is 3.40. The first-order chi connectivity index (χ1) is 8.58. The third kappa shape index (κ3) is 2.92. The summed E-state index contributed by atoms with van der Waals surface area (Å²) in [5, 5.41) is 0.460. The lowest BCUT2D eigenvalue weighted by Gasteiger charge is -2.07. The summed E-state index contributed by atoms with van der Waals surface area (Å²) < 4.78 is 12.3. The summed E-state index contributed by atoms with van der Waals surface area (Å²) in [6.45, 7) is 2.01. The van der Waals surface area contributed by atoms with E-state index in [0.717, 1.165) is 11.1 Å². The van der Waals surface area contributed by atoms with E-state index in [1.807, 2.05) is 31.2 Å². The molecule has 0 aliphatic carbocycles. The molecule has 0 aliphatic rings. The van der Waals surface area contributed by atoms with Crippen molar-refractivity contribution in [2.75, 3.05) is 5.73 Å². The molecule has 2 nitrogen and oxygen atoms in total. The van der Waals surface area contributed by atoms with Crippen LogP contribution >= 0.6 is 11.6 Å². The SMILES string of the molecule is Cc1ccccc1CS(=O)c1ccc(N)cc1Cl. The average molecular weight is 280 g/mol. The molecule has 2 aromatic rings. The molecule has 0 radical (unpaired) electrons. The number of nitrogens with two attached hydrogens (primary N) is 1. The second kappa shape index (κ2) is 5.55. The summed E-state index contributed by atoms with van der Waals surface area (Å²) in [4.78, 5) is 0.633. The number of hydrogen-bond acceptors (Lipinski definition) is 2. The maximum Gasteiger partial charge on any atom is 0.0589 e. The van der Waals surface area contributed by atoms with Crippen LogP contribution in [0.2, 0.25) is 5.02 Å². The molecule has 0 bridgehead atoms. The largest absolute Gasteiger partial charge is 0.399 e. The first kappa shape index (κ1) is 13.1. The van der Waals surface area contributed by atoms with Crippen LogP contribution in [-0.4, -0.2) is 4.21 Å². The average Bonchev–Trinajstić information content (AvgIpc) is 2.32. The van der Waals surface area contributed by atoms with Gasteiger partial charge in [-0.3, -0.25) is 4.21 Å². The van der Waals surface area contributed by atoms with Gasteiger partial charge in [0.25, 0.3) is 0 Å². The summed E-state index contributed by atoms with van der Waals surface area (Å²) in [5.41, 5.74) is 8.41. The molecule has 0 fully saturated rings. The zero-order valence-corrected chi connectivity index (χ0v) is 11.6. The van der Waals surface area contributed by atoms with Gasteiger partial charge in [0.2, 0.25) is 0 Å². The van der Waals surface area contributed by atoms with Gasteiger partial charge in [-0.25, -0.2) is 0 Å². The van der Waals surface area contributed by atoms with E-state index >= 15 is 0 Å². The maximum atomic E-state index is 12.3. The zero-order chi connectivity index (χ0) is 13.1. The molecule has 94 valence electrons. The zero-order valence-electron chi connectivity index (χ0n) is 10.0. The normalized spacial score (nSPS) is 12.3. The van der Waals surface area contributed by atoms with Gasteiger partial charge in [0.15, 0.2) is 0 Å². The van der Waals surface area contributed by atoms with Crippen LogP contribution in [0.4, 0.5) is 5.69 Å². The van der Waals surface area contributed by atoms with Crippen LogP contribution < -0.4 is 5.73 Å². The highest BCUT2D eigenvalue weighted by Gasteiger charge is 2.10. The Kier molecular flexibility index (Phi) is 4.04.